The summed E-state index contributed by atoms with van der Waals surface area (Å²) in [6.45, 7) is -1.29. The van der Waals surface area contributed by atoms with Gasteiger partial charge in [0.05, 0.1) is 0 Å². The molecule has 0 N–H and O–H groups in total. The van der Waals surface area contributed by atoms with Crippen LogP contribution in [-0.4, -0.2) is 35.6 Å². The quantitative estimate of drug-likeness (QED) is 0.840. The summed E-state index contributed by atoms with van der Waals surface area (Å²) in [5, 5.41) is 0. The molecule has 0 radical (unpaired) electrons. The van der Waals surface area contributed by atoms with E-state index in [0.717, 1.165) is 7.05 Å². The second-order valence-electron chi connectivity index (χ2n) is 3.14. The van der Waals surface area contributed by atoms with Crippen molar-refractivity contribution in [2.75, 3.05) is 13.6 Å². The number of carbonyl (C=O) groups is 1. The maximum atomic E-state index is 12.0. The average molecular weight is 297 g/mol. The van der Waals surface area contributed by atoms with Gasteiger partial charge in [-0.3, -0.25) is 4.79 Å². The molecule has 3 nitrogen and oxygen atoms in total. The Morgan fingerprint density at radius 2 is 2.12 bits per heavy atom. The van der Waals surface area contributed by atoms with Crippen LogP contribution in [0.5, 0.6) is 0 Å². The smallest absolute Gasteiger partial charge is 0.331 e. The van der Waals surface area contributed by atoms with Crippen molar-refractivity contribution in [3.8, 4) is 0 Å². The molecule has 0 saturated heterocycles. The van der Waals surface area contributed by atoms with Crippen molar-refractivity contribution in [3.63, 3.8) is 0 Å². The Labute approximate surface area is 98.4 Å². The van der Waals surface area contributed by atoms with Gasteiger partial charge in [0.2, 0.25) is 0 Å². The molecule has 0 aliphatic rings. The minimum atomic E-state index is -4.40. The van der Waals surface area contributed by atoms with Gasteiger partial charge in [-0.25, -0.2) is 4.98 Å². The first-order valence-electron chi connectivity index (χ1n) is 4.23. The standard InChI is InChI=1S/C9H8BrF3N2O/c1-15(5-9(11,12)13)8(16)7-3-2-6(10)4-14-7/h2-4H,5H2,1H3. The van der Waals surface area contributed by atoms with Crippen LogP contribution < -0.4 is 0 Å². The average Bonchev–Trinajstić information content (AvgIpc) is 2.15. The number of hydrogen-bond donors (Lipinski definition) is 0. The van der Waals surface area contributed by atoms with Crippen molar-refractivity contribution in [1.82, 2.24) is 9.88 Å². The minimum Gasteiger partial charge on any atom is -0.331 e. The van der Waals surface area contributed by atoms with Crippen LogP contribution in [0.25, 0.3) is 0 Å². The maximum Gasteiger partial charge on any atom is 0.406 e. The maximum absolute atomic E-state index is 12.0. The number of amides is 1. The predicted molar refractivity (Wildman–Crippen MR) is 55.0 cm³/mol. The van der Waals surface area contributed by atoms with E-state index in [-0.39, 0.29) is 5.69 Å². The van der Waals surface area contributed by atoms with Crippen LogP contribution in [0.4, 0.5) is 13.2 Å². The lowest BCUT2D eigenvalue weighted by Gasteiger charge is -2.18. The fourth-order valence-corrected chi connectivity index (χ4v) is 1.27. The van der Waals surface area contributed by atoms with Crippen LogP contribution in [0.15, 0.2) is 22.8 Å². The fraction of sp³-hybridized carbons (Fsp3) is 0.333. The largest absolute Gasteiger partial charge is 0.406 e. The predicted octanol–water partition coefficient (Wildman–Crippen LogP) is 2.48. The highest BCUT2D eigenvalue weighted by Gasteiger charge is 2.31. The Hall–Kier alpha value is -1.11. The summed E-state index contributed by atoms with van der Waals surface area (Å²) in [5.74, 6) is -0.759. The van der Waals surface area contributed by atoms with Crippen LogP contribution in [0.2, 0.25) is 0 Å². The van der Waals surface area contributed by atoms with E-state index in [1.54, 1.807) is 6.07 Å². The van der Waals surface area contributed by atoms with Gasteiger partial charge < -0.3 is 4.90 Å². The SMILES string of the molecule is CN(CC(F)(F)F)C(=O)c1ccc(Br)cn1. The van der Waals surface area contributed by atoms with E-state index in [1.807, 2.05) is 0 Å². The van der Waals surface area contributed by atoms with Gasteiger partial charge in [0, 0.05) is 17.7 Å². The number of rotatable bonds is 2. The van der Waals surface area contributed by atoms with Crippen LogP contribution in [-0.2, 0) is 0 Å². The molecule has 7 heteroatoms. The highest BCUT2D eigenvalue weighted by atomic mass is 79.9. The van der Waals surface area contributed by atoms with E-state index < -0.39 is 18.6 Å². The molecule has 1 amide bonds. The highest BCUT2D eigenvalue weighted by Crippen LogP contribution is 2.17. The molecule has 1 rings (SSSR count). The number of alkyl halides is 3. The molecule has 0 saturated carbocycles. The lowest BCUT2D eigenvalue weighted by atomic mass is 10.3. The van der Waals surface area contributed by atoms with Crippen molar-refractivity contribution in [3.05, 3.63) is 28.5 Å². The van der Waals surface area contributed by atoms with E-state index in [1.165, 1.54) is 12.3 Å². The van der Waals surface area contributed by atoms with Crippen molar-refractivity contribution in [2.45, 2.75) is 6.18 Å². The molecule has 0 aliphatic heterocycles. The van der Waals surface area contributed by atoms with Gasteiger partial charge in [-0.15, -0.1) is 0 Å². The second kappa shape index (κ2) is 4.82. The molecule has 0 unspecified atom stereocenters. The third-order valence-electron chi connectivity index (χ3n) is 1.71. The molecule has 0 aromatic carbocycles. The molecule has 0 aliphatic carbocycles. The summed E-state index contributed by atoms with van der Waals surface area (Å²) < 4.78 is 36.7. The van der Waals surface area contributed by atoms with Gasteiger partial charge in [-0.1, -0.05) is 0 Å². The zero-order valence-electron chi connectivity index (χ0n) is 8.25. The normalized spacial score (nSPS) is 11.3. The lowest BCUT2D eigenvalue weighted by Crippen LogP contribution is -2.36. The van der Waals surface area contributed by atoms with E-state index >= 15 is 0 Å². The molecule has 0 fully saturated rings. The van der Waals surface area contributed by atoms with Crippen LogP contribution >= 0.6 is 15.9 Å². The van der Waals surface area contributed by atoms with Gasteiger partial charge in [-0.05, 0) is 28.1 Å². The number of hydrogen-bond acceptors (Lipinski definition) is 2. The Morgan fingerprint density at radius 1 is 1.50 bits per heavy atom. The molecular formula is C9H8BrF3N2O. The van der Waals surface area contributed by atoms with Gasteiger partial charge in [0.1, 0.15) is 12.2 Å². The van der Waals surface area contributed by atoms with Gasteiger partial charge in [0.25, 0.3) is 5.91 Å². The van der Waals surface area contributed by atoms with Crippen LogP contribution in [0, 0.1) is 0 Å². The molecule has 1 heterocycles. The van der Waals surface area contributed by atoms with Crippen LogP contribution in [0.3, 0.4) is 0 Å². The lowest BCUT2D eigenvalue weighted by molar-refractivity contribution is -0.138. The second-order valence-corrected chi connectivity index (χ2v) is 4.05. The van der Waals surface area contributed by atoms with E-state index in [4.69, 9.17) is 0 Å². The van der Waals surface area contributed by atoms with E-state index in [9.17, 15) is 18.0 Å². The van der Waals surface area contributed by atoms with E-state index in [0.29, 0.717) is 9.37 Å². The molecular weight excluding hydrogens is 289 g/mol. The molecule has 1 aromatic rings. The third-order valence-corrected chi connectivity index (χ3v) is 2.18. The molecule has 16 heavy (non-hydrogen) atoms. The number of halogens is 4. The number of nitrogens with zero attached hydrogens (tertiary/aromatic N) is 2. The summed E-state index contributed by atoms with van der Waals surface area (Å²) >= 11 is 3.11. The Balaban J connectivity index is 2.74. The number of aromatic nitrogens is 1. The summed E-state index contributed by atoms with van der Waals surface area (Å²) in [6, 6.07) is 2.90. The number of carbonyl (C=O) groups excluding carboxylic acids is 1. The summed E-state index contributed by atoms with van der Waals surface area (Å²) in [5.41, 5.74) is -0.0186. The minimum absolute atomic E-state index is 0.0186. The zero-order valence-corrected chi connectivity index (χ0v) is 9.84. The molecule has 1 aromatic heterocycles. The molecule has 0 spiro atoms. The van der Waals surface area contributed by atoms with Crippen LogP contribution in [0.1, 0.15) is 10.5 Å². The highest BCUT2D eigenvalue weighted by molar-refractivity contribution is 9.10. The topological polar surface area (TPSA) is 33.2 Å². The van der Waals surface area contributed by atoms with Gasteiger partial charge in [-0.2, -0.15) is 13.2 Å². The summed E-state index contributed by atoms with van der Waals surface area (Å²) in [4.78, 5) is 15.8. The van der Waals surface area contributed by atoms with Crippen molar-refractivity contribution >= 4 is 21.8 Å². The molecule has 0 atom stereocenters. The third kappa shape index (κ3) is 3.80. The Morgan fingerprint density at radius 3 is 2.56 bits per heavy atom. The molecule has 0 bridgehead atoms. The molecule has 88 valence electrons. The van der Waals surface area contributed by atoms with Gasteiger partial charge >= 0.3 is 6.18 Å². The fourth-order valence-electron chi connectivity index (χ4n) is 1.04. The number of pyridine rings is 1. The summed E-state index contributed by atoms with van der Waals surface area (Å²) in [6.07, 6.45) is -3.05. The van der Waals surface area contributed by atoms with Gasteiger partial charge in [0.15, 0.2) is 0 Å². The van der Waals surface area contributed by atoms with Crippen molar-refractivity contribution in [2.24, 2.45) is 0 Å². The summed E-state index contributed by atoms with van der Waals surface area (Å²) in [7, 11) is 1.08. The first-order chi connectivity index (χ1) is 7.29. The van der Waals surface area contributed by atoms with E-state index in [2.05, 4.69) is 20.9 Å². The Bertz CT molecular complexity index is 377. The Kier molecular flexibility index (Phi) is 3.90. The first-order valence-corrected chi connectivity index (χ1v) is 5.02. The zero-order chi connectivity index (χ0) is 12.3. The monoisotopic (exact) mass is 296 g/mol. The van der Waals surface area contributed by atoms with Crippen molar-refractivity contribution < 1.29 is 18.0 Å². The first kappa shape index (κ1) is 13.0. The van der Waals surface area contributed by atoms with Crippen molar-refractivity contribution in [1.29, 1.82) is 0 Å².